The molecule has 1 aromatic rings. The molecule has 1 unspecified atom stereocenters. The van der Waals surface area contributed by atoms with E-state index in [1.54, 1.807) is 0 Å². The molecule has 0 radical (unpaired) electrons. The van der Waals surface area contributed by atoms with Crippen molar-refractivity contribution in [3.8, 4) is 0 Å². The third kappa shape index (κ3) is 3.23. The number of halogens is 1. The van der Waals surface area contributed by atoms with E-state index < -0.39 is 0 Å². The van der Waals surface area contributed by atoms with E-state index in [-0.39, 0.29) is 10.8 Å². The molecule has 0 aliphatic heterocycles. The van der Waals surface area contributed by atoms with Crippen LogP contribution >= 0.6 is 22.6 Å². The molecule has 2 aliphatic carbocycles. The van der Waals surface area contributed by atoms with Crippen molar-refractivity contribution in [2.75, 3.05) is 0 Å². The fraction of sp³-hybridized carbons (Fsp3) is 0.304. The number of hydrogen-bond donors (Lipinski definition) is 0. The summed E-state index contributed by atoms with van der Waals surface area (Å²) in [5.41, 5.74) is 5.41. The topological polar surface area (TPSA) is 0 Å². The van der Waals surface area contributed by atoms with Crippen molar-refractivity contribution in [1.29, 1.82) is 0 Å². The molecular formula is C23H25I. The number of hydrogen-bond acceptors (Lipinski definition) is 0. The minimum Gasteiger partial charge on any atom is -0.0949 e. The molecule has 3 rings (SSSR count). The number of benzene rings is 1. The average molecular weight is 428 g/mol. The van der Waals surface area contributed by atoms with Crippen LogP contribution in [0.2, 0.25) is 0 Å². The van der Waals surface area contributed by atoms with Gasteiger partial charge in [-0.15, -0.1) is 0 Å². The minimum absolute atomic E-state index is 0.0439. The van der Waals surface area contributed by atoms with Gasteiger partial charge >= 0.3 is 0 Å². The molecule has 1 atom stereocenters. The van der Waals surface area contributed by atoms with Crippen LogP contribution in [0.4, 0.5) is 0 Å². The molecule has 2 aliphatic rings. The maximum absolute atomic E-state index is 4.34. The van der Waals surface area contributed by atoms with E-state index in [0.29, 0.717) is 0 Å². The van der Waals surface area contributed by atoms with Gasteiger partial charge in [-0.05, 0) is 69.8 Å². The number of allylic oxidation sites excluding steroid dienone is 9. The highest BCUT2D eigenvalue weighted by Gasteiger charge is 2.35. The Kier molecular flexibility index (Phi) is 4.74. The Morgan fingerprint density at radius 2 is 1.75 bits per heavy atom. The summed E-state index contributed by atoms with van der Waals surface area (Å²) in [6.45, 7) is 11.3. The fourth-order valence-corrected chi connectivity index (χ4v) is 3.91. The molecule has 0 fully saturated rings. The molecule has 0 saturated heterocycles. The van der Waals surface area contributed by atoms with Crippen LogP contribution in [0.15, 0.2) is 84.0 Å². The molecule has 0 bridgehead atoms. The van der Waals surface area contributed by atoms with Crippen molar-refractivity contribution in [3.05, 3.63) is 93.2 Å². The van der Waals surface area contributed by atoms with E-state index in [1.807, 2.05) is 0 Å². The molecule has 1 aromatic carbocycles. The van der Waals surface area contributed by atoms with Gasteiger partial charge in [-0.3, -0.25) is 0 Å². The Labute approximate surface area is 159 Å². The summed E-state index contributed by atoms with van der Waals surface area (Å²) in [6.07, 6.45) is 15.6. The van der Waals surface area contributed by atoms with Gasteiger partial charge in [0, 0.05) is 14.4 Å². The largest absolute Gasteiger partial charge is 0.0949 e. The summed E-state index contributed by atoms with van der Waals surface area (Å²) in [4.78, 5) is 0. The van der Waals surface area contributed by atoms with Gasteiger partial charge in [-0.2, -0.15) is 0 Å². The first-order valence-electron chi connectivity index (χ1n) is 8.54. The van der Waals surface area contributed by atoms with Gasteiger partial charge in [0.2, 0.25) is 0 Å². The van der Waals surface area contributed by atoms with Crippen molar-refractivity contribution >= 4 is 22.6 Å². The standard InChI is InChI=1S/C23H25I/c1-17-8-6-5-7-9-18-14-15-23(4,16-21(18)22(17,2)3)19-10-12-20(24)13-11-19/h5-8,10-14,16H,1,9,15H2,2-4H3/b7-5-,8-6-. The first-order chi connectivity index (χ1) is 11.3. The fourth-order valence-electron chi connectivity index (χ4n) is 3.55. The second-order valence-corrected chi connectivity index (χ2v) is 8.80. The lowest BCUT2D eigenvalue weighted by Gasteiger charge is -2.38. The molecule has 124 valence electrons. The zero-order chi connectivity index (χ0) is 17.4. The van der Waals surface area contributed by atoms with Crippen molar-refractivity contribution in [3.63, 3.8) is 0 Å². The zero-order valence-electron chi connectivity index (χ0n) is 14.8. The SMILES string of the molecule is C=C1/C=C\C=C/CC2=CCC(C)(c3ccc(I)cc3)C=C2C1(C)C. The second kappa shape index (κ2) is 6.51. The molecule has 0 N–H and O–H groups in total. The summed E-state index contributed by atoms with van der Waals surface area (Å²) in [5, 5.41) is 0. The normalized spacial score (nSPS) is 28.6. The van der Waals surface area contributed by atoms with Crippen LogP contribution in [0.1, 0.15) is 39.2 Å². The number of rotatable bonds is 1. The first kappa shape index (κ1) is 17.5. The van der Waals surface area contributed by atoms with Crippen molar-refractivity contribution < 1.29 is 0 Å². The minimum atomic E-state index is -0.0563. The molecule has 0 saturated carbocycles. The lowest BCUT2D eigenvalue weighted by Crippen LogP contribution is -2.28. The predicted molar refractivity (Wildman–Crippen MR) is 113 cm³/mol. The maximum atomic E-state index is 4.34. The molecular weight excluding hydrogens is 403 g/mol. The Morgan fingerprint density at radius 1 is 1.04 bits per heavy atom. The van der Waals surface area contributed by atoms with E-state index in [0.717, 1.165) is 18.4 Å². The van der Waals surface area contributed by atoms with Crippen LogP contribution < -0.4 is 0 Å². The third-order valence-electron chi connectivity index (χ3n) is 5.44. The Balaban J connectivity index is 2.10. The number of fused-ring (bicyclic) bond motifs is 1. The van der Waals surface area contributed by atoms with E-state index in [2.05, 4.69) is 111 Å². The highest BCUT2D eigenvalue weighted by Crippen LogP contribution is 2.47. The summed E-state index contributed by atoms with van der Waals surface area (Å²) in [7, 11) is 0. The van der Waals surface area contributed by atoms with Crippen LogP contribution in [0, 0.1) is 8.99 Å². The smallest absolute Gasteiger partial charge is 0.0144 e. The molecule has 0 nitrogen and oxygen atoms in total. The molecule has 0 spiro atoms. The van der Waals surface area contributed by atoms with Gasteiger partial charge in [-0.25, -0.2) is 0 Å². The predicted octanol–water partition coefficient (Wildman–Crippen LogP) is 6.90. The Morgan fingerprint density at radius 3 is 2.46 bits per heavy atom. The highest BCUT2D eigenvalue weighted by atomic mass is 127. The van der Waals surface area contributed by atoms with Gasteiger partial charge in [0.05, 0.1) is 0 Å². The van der Waals surface area contributed by atoms with Crippen LogP contribution in [-0.2, 0) is 5.41 Å². The van der Waals surface area contributed by atoms with Gasteiger partial charge in [0.25, 0.3) is 0 Å². The monoisotopic (exact) mass is 428 g/mol. The van der Waals surface area contributed by atoms with Gasteiger partial charge in [0.1, 0.15) is 0 Å². The van der Waals surface area contributed by atoms with Crippen LogP contribution in [-0.4, -0.2) is 0 Å². The quantitative estimate of drug-likeness (QED) is 0.427. The van der Waals surface area contributed by atoms with Gasteiger partial charge in [-0.1, -0.05) is 75.9 Å². The van der Waals surface area contributed by atoms with Crippen LogP contribution in [0.5, 0.6) is 0 Å². The van der Waals surface area contributed by atoms with E-state index in [1.165, 1.54) is 20.3 Å². The molecule has 1 heteroatoms. The van der Waals surface area contributed by atoms with Crippen LogP contribution in [0.25, 0.3) is 0 Å². The molecule has 24 heavy (non-hydrogen) atoms. The van der Waals surface area contributed by atoms with Gasteiger partial charge < -0.3 is 0 Å². The summed E-state index contributed by atoms with van der Waals surface area (Å²) in [6, 6.07) is 8.96. The summed E-state index contributed by atoms with van der Waals surface area (Å²) in [5.74, 6) is 0. The molecule has 0 heterocycles. The van der Waals surface area contributed by atoms with Crippen molar-refractivity contribution in [2.45, 2.75) is 39.0 Å². The summed E-state index contributed by atoms with van der Waals surface area (Å²) < 4.78 is 1.28. The van der Waals surface area contributed by atoms with Crippen LogP contribution in [0.3, 0.4) is 0 Å². The van der Waals surface area contributed by atoms with E-state index in [9.17, 15) is 0 Å². The highest BCUT2D eigenvalue weighted by molar-refractivity contribution is 14.1. The van der Waals surface area contributed by atoms with Gasteiger partial charge in [0.15, 0.2) is 0 Å². The van der Waals surface area contributed by atoms with E-state index in [4.69, 9.17) is 0 Å². The van der Waals surface area contributed by atoms with Crippen molar-refractivity contribution in [2.24, 2.45) is 5.41 Å². The van der Waals surface area contributed by atoms with Crippen molar-refractivity contribution in [1.82, 2.24) is 0 Å². The second-order valence-electron chi connectivity index (χ2n) is 7.56. The third-order valence-corrected chi connectivity index (χ3v) is 6.16. The average Bonchev–Trinajstić information content (AvgIpc) is 2.60. The summed E-state index contributed by atoms with van der Waals surface area (Å²) >= 11 is 2.37. The van der Waals surface area contributed by atoms with E-state index >= 15 is 0 Å². The maximum Gasteiger partial charge on any atom is 0.0144 e. The first-order valence-corrected chi connectivity index (χ1v) is 9.62. The molecule has 0 aromatic heterocycles. The zero-order valence-corrected chi connectivity index (χ0v) is 16.9. The lowest BCUT2D eigenvalue weighted by atomic mass is 9.66. The molecule has 0 amide bonds. The Bertz CT molecular complexity index is 769. The Hall–Kier alpha value is -1.35. The lowest BCUT2D eigenvalue weighted by molar-refractivity contribution is 0.514.